The van der Waals surface area contributed by atoms with Gasteiger partial charge in [0.15, 0.2) is 0 Å². The van der Waals surface area contributed by atoms with Gasteiger partial charge in [-0.1, -0.05) is 32.0 Å². The summed E-state index contributed by atoms with van der Waals surface area (Å²) in [7, 11) is 0. The number of rotatable bonds is 3. The zero-order valence-corrected chi connectivity index (χ0v) is 27.7. The third-order valence-electron chi connectivity index (χ3n) is 14.4. The number of aliphatic hydroxyl groups is 2. The number of hydrogen-bond donors (Lipinski definition) is 2. The quantitative estimate of drug-likeness (QED) is 0.511. The van der Waals surface area contributed by atoms with Gasteiger partial charge in [-0.25, -0.2) is 0 Å². The summed E-state index contributed by atoms with van der Waals surface area (Å²) in [5, 5.41) is 23.3. The summed E-state index contributed by atoms with van der Waals surface area (Å²) >= 11 is 0. The van der Waals surface area contributed by atoms with Crippen molar-refractivity contribution < 1.29 is 19.8 Å². The SMILES string of the molecule is C[C@]12CC(N3CCN(C(=O)[C@@H]4CCCN4C(=O)c4cnc5ccccc5c4)CC3)C(O)CC1CC[C@@H]1[C@H]2CC[C@]2(C)C(O)CC[C@@H]12. The number of carbonyl (C=O) groups is 2. The van der Waals surface area contributed by atoms with E-state index in [1.807, 2.05) is 35.2 Å². The number of aliphatic hydroxyl groups excluding tert-OH is 2. The standard InChI is InChI=1S/C38H52N4O4/c1-37-14-13-29-27(28(37)11-12-34(37)44)10-9-26-21-33(43)32(22-38(26,29)2)40-16-18-41(19-17-40)36(46)31-8-5-15-42(31)35(45)25-20-24-6-3-4-7-30(24)39-23-25/h3-4,6-7,20,23,26-29,31-34,43-44H,5,8-19,21-22H2,1-2H3/t26?,27-,28-,29+,31-,32?,33?,34?,37-,38-/m0/s1. The predicted molar refractivity (Wildman–Crippen MR) is 177 cm³/mol. The minimum absolute atomic E-state index is 0.0644. The first-order valence-electron chi connectivity index (χ1n) is 18.2. The van der Waals surface area contributed by atoms with Crippen molar-refractivity contribution >= 4 is 22.7 Å². The molecular formula is C38H52N4O4. The van der Waals surface area contributed by atoms with Gasteiger partial charge in [0.25, 0.3) is 5.91 Å². The highest BCUT2D eigenvalue weighted by Crippen LogP contribution is 2.66. The van der Waals surface area contributed by atoms with E-state index >= 15 is 0 Å². The maximum atomic E-state index is 13.9. The zero-order valence-electron chi connectivity index (χ0n) is 27.7. The number of nitrogens with zero attached hydrogens (tertiary/aromatic N) is 4. The lowest BCUT2D eigenvalue weighted by Gasteiger charge is -2.62. The van der Waals surface area contributed by atoms with Crippen molar-refractivity contribution in [2.24, 2.45) is 34.5 Å². The number of benzene rings is 1. The summed E-state index contributed by atoms with van der Waals surface area (Å²) in [6.45, 7) is 8.31. The summed E-state index contributed by atoms with van der Waals surface area (Å²) in [6, 6.07) is 9.39. The third kappa shape index (κ3) is 4.83. The van der Waals surface area contributed by atoms with Crippen LogP contribution in [0.25, 0.3) is 10.9 Å². The Hall–Kier alpha value is -2.55. The lowest BCUT2D eigenvalue weighted by atomic mass is 9.44. The fraction of sp³-hybridized carbons (Fsp3) is 0.711. The number of hydrogen-bond acceptors (Lipinski definition) is 6. The van der Waals surface area contributed by atoms with Crippen LogP contribution in [0.15, 0.2) is 36.5 Å². The molecule has 0 bridgehead atoms. The number of para-hydroxylation sites is 1. The van der Waals surface area contributed by atoms with Crippen LogP contribution in [0.2, 0.25) is 0 Å². The minimum Gasteiger partial charge on any atom is -0.393 e. The Morgan fingerprint density at radius 1 is 0.891 bits per heavy atom. The Labute approximate surface area is 273 Å². The van der Waals surface area contributed by atoms with E-state index in [0.717, 1.165) is 56.1 Å². The molecule has 10 atom stereocenters. The molecule has 0 spiro atoms. The van der Waals surface area contributed by atoms with Gasteiger partial charge >= 0.3 is 0 Å². The Bertz CT molecular complexity index is 1490. The zero-order chi connectivity index (χ0) is 31.8. The summed E-state index contributed by atoms with van der Waals surface area (Å²) in [5.74, 6) is 2.54. The lowest BCUT2D eigenvalue weighted by Crippen LogP contribution is -2.62. The number of pyridine rings is 1. The Balaban J connectivity index is 0.922. The second-order valence-corrected chi connectivity index (χ2v) is 16.3. The molecule has 1 aromatic carbocycles. The van der Waals surface area contributed by atoms with Crippen molar-refractivity contribution in [1.29, 1.82) is 0 Å². The first kappa shape index (κ1) is 30.8. The molecule has 8 rings (SSSR count). The molecule has 6 fully saturated rings. The molecule has 4 saturated carbocycles. The lowest BCUT2D eigenvalue weighted by molar-refractivity contribution is -0.157. The minimum atomic E-state index is -0.421. The Morgan fingerprint density at radius 3 is 2.50 bits per heavy atom. The van der Waals surface area contributed by atoms with Gasteiger partial charge in [-0.3, -0.25) is 19.5 Å². The molecule has 2 N–H and O–H groups in total. The molecule has 4 aliphatic carbocycles. The van der Waals surface area contributed by atoms with Crippen LogP contribution in [0.4, 0.5) is 0 Å². The van der Waals surface area contributed by atoms with E-state index in [1.165, 1.54) is 25.7 Å². The van der Waals surface area contributed by atoms with E-state index in [0.29, 0.717) is 55.3 Å². The van der Waals surface area contributed by atoms with Crippen LogP contribution >= 0.6 is 0 Å². The van der Waals surface area contributed by atoms with Crippen molar-refractivity contribution in [3.05, 3.63) is 42.1 Å². The smallest absolute Gasteiger partial charge is 0.256 e. The van der Waals surface area contributed by atoms with E-state index in [4.69, 9.17) is 0 Å². The maximum absolute atomic E-state index is 13.9. The van der Waals surface area contributed by atoms with Gasteiger partial charge in [0.2, 0.25) is 5.91 Å². The van der Waals surface area contributed by atoms with Crippen molar-refractivity contribution in [2.75, 3.05) is 32.7 Å². The molecular weight excluding hydrogens is 576 g/mol. The fourth-order valence-corrected chi connectivity index (χ4v) is 11.7. The molecule has 2 saturated heterocycles. The van der Waals surface area contributed by atoms with Crippen molar-refractivity contribution in [1.82, 2.24) is 19.7 Å². The van der Waals surface area contributed by atoms with Crippen LogP contribution in [-0.2, 0) is 4.79 Å². The second kappa shape index (κ2) is 11.6. The van der Waals surface area contributed by atoms with Crippen LogP contribution in [-0.4, -0.2) is 98.7 Å². The summed E-state index contributed by atoms with van der Waals surface area (Å²) in [4.78, 5) is 38.2. The third-order valence-corrected chi connectivity index (χ3v) is 14.4. The van der Waals surface area contributed by atoms with Crippen molar-refractivity contribution in [2.45, 2.75) is 102 Å². The van der Waals surface area contributed by atoms with Gasteiger partial charge in [0, 0.05) is 50.3 Å². The van der Waals surface area contributed by atoms with Crippen LogP contribution in [0.3, 0.4) is 0 Å². The number of likely N-dealkylation sites (tertiary alicyclic amines) is 1. The largest absolute Gasteiger partial charge is 0.393 e. The van der Waals surface area contributed by atoms with Crippen molar-refractivity contribution in [3.8, 4) is 0 Å². The summed E-state index contributed by atoms with van der Waals surface area (Å²) in [6.07, 6.45) is 11.6. The summed E-state index contributed by atoms with van der Waals surface area (Å²) < 4.78 is 0. The van der Waals surface area contributed by atoms with Crippen LogP contribution < -0.4 is 0 Å². The number of amides is 2. The predicted octanol–water partition coefficient (Wildman–Crippen LogP) is 4.73. The molecule has 3 heterocycles. The fourth-order valence-electron chi connectivity index (χ4n) is 11.7. The van der Waals surface area contributed by atoms with E-state index in [-0.39, 0.29) is 40.9 Å². The highest BCUT2D eigenvalue weighted by molar-refractivity contribution is 6.00. The normalized spacial score (nSPS) is 41.2. The van der Waals surface area contributed by atoms with Gasteiger partial charge in [-0.15, -0.1) is 0 Å². The summed E-state index contributed by atoms with van der Waals surface area (Å²) in [5.41, 5.74) is 1.71. The number of fused-ring (bicyclic) bond motifs is 6. The monoisotopic (exact) mass is 628 g/mol. The van der Waals surface area contributed by atoms with Gasteiger partial charge in [-0.05, 0) is 111 Å². The first-order valence-corrected chi connectivity index (χ1v) is 18.2. The highest BCUT2D eigenvalue weighted by atomic mass is 16.3. The topological polar surface area (TPSA) is 97.2 Å². The molecule has 1 aromatic heterocycles. The highest BCUT2D eigenvalue weighted by Gasteiger charge is 2.61. The van der Waals surface area contributed by atoms with Crippen LogP contribution in [0.5, 0.6) is 0 Å². The van der Waals surface area contributed by atoms with Crippen LogP contribution in [0, 0.1) is 34.5 Å². The molecule has 46 heavy (non-hydrogen) atoms. The van der Waals surface area contributed by atoms with E-state index < -0.39 is 6.04 Å². The number of carbonyl (C=O) groups excluding carboxylic acids is 2. The van der Waals surface area contributed by atoms with Gasteiger partial charge in [0.1, 0.15) is 6.04 Å². The van der Waals surface area contributed by atoms with Gasteiger partial charge in [0.05, 0.1) is 23.3 Å². The molecule has 2 amide bonds. The Morgan fingerprint density at radius 2 is 1.67 bits per heavy atom. The molecule has 6 aliphatic rings. The number of aromatic nitrogens is 1. The molecule has 8 nitrogen and oxygen atoms in total. The molecule has 0 radical (unpaired) electrons. The van der Waals surface area contributed by atoms with E-state index in [2.05, 4.69) is 23.7 Å². The number of piperazine rings is 1. The first-order chi connectivity index (χ1) is 22.2. The van der Waals surface area contributed by atoms with Gasteiger partial charge < -0.3 is 20.0 Å². The molecule has 2 aliphatic heterocycles. The molecule has 4 unspecified atom stereocenters. The van der Waals surface area contributed by atoms with Crippen molar-refractivity contribution in [3.63, 3.8) is 0 Å². The molecule has 248 valence electrons. The van der Waals surface area contributed by atoms with Gasteiger partial charge in [-0.2, -0.15) is 0 Å². The second-order valence-electron chi connectivity index (χ2n) is 16.3. The molecule has 8 heteroatoms. The van der Waals surface area contributed by atoms with E-state index in [1.54, 1.807) is 11.1 Å². The maximum Gasteiger partial charge on any atom is 0.256 e. The average molecular weight is 629 g/mol. The van der Waals surface area contributed by atoms with E-state index in [9.17, 15) is 19.8 Å². The molecule has 2 aromatic rings. The van der Waals surface area contributed by atoms with Crippen LogP contribution in [0.1, 0.15) is 88.4 Å². The Kier molecular flexibility index (Phi) is 7.73. The average Bonchev–Trinajstić information content (AvgIpc) is 3.68.